The second-order valence-electron chi connectivity index (χ2n) is 5.72. The number of hydrogen-bond donors (Lipinski definition) is 0. The fourth-order valence-corrected chi connectivity index (χ4v) is 2.30. The first kappa shape index (κ1) is 18.3. The third-order valence-corrected chi connectivity index (χ3v) is 3.71. The van der Waals surface area contributed by atoms with Gasteiger partial charge in [0, 0.05) is 6.08 Å². The van der Waals surface area contributed by atoms with Crippen molar-refractivity contribution < 1.29 is 19.0 Å². The van der Waals surface area contributed by atoms with Crippen molar-refractivity contribution in [2.24, 2.45) is 0 Å². The number of para-hydroxylation sites is 1. The lowest BCUT2D eigenvalue weighted by atomic mass is 10.2. The minimum absolute atomic E-state index is 0.130. The van der Waals surface area contributed by atoms with Crippen LogP contribution in [0, 0.1) is 0 Å². The van der Waals surface area contributed by atoms with E-state index in [4.69, 9.17) is 14.2 Å². The summed E-state index contributed by atoms with van der Waals surface area (Å²) in [4.78, 5) is 11.8. The average Bonchev–Trinajstić information content (AvgIpc) is 2.73. The second kappa shape index (κ2) is 9.82. The molecule has 4 nitrogen and oxygen atoms in total. The molecule has 3 rings (SSSR count). The van der Waals surface area contributed by atoms with Gasteiger partial charge in [0.25, 0.3) is 0 Å². The van der Waals surface area contributed by atoms with E-state index in [2.05, 4.69) is 0 Å². The molecule has 3 aromatic carbocycles. The predicted molar refractivity (Wildman–Crippen MR) is 104 cm³/mol. The van der Waals surface area contributed by atoms with E-state index in [0.717, 1.165) is 16.9 Å². The number of ether oxygens (including phenoxy) is 3. The lowest BCUT2D eigenvalue weighted by molar-refractivity contribution is -0.138. The Morgan fingerprint density at radius 3 is 2.00 bits per heavy atom. The van der Waals surface area contributed by atoms with Crippen LogP contribution < -0.4 is 9.47 Å². The molecule has 4 heteroatoms. The van der Waals surface area contributed by atoms with Gasteiger partial charge in [0.15, 0.2) is 0 Å². The number of carbonyl (C=O) groups excluding carboxylic acids is 1. The van der Waals surface area contributed by atoms with E-state index in [-0.39, 0.29) is 19.4 Å². The molecule has 0 aliphatic carbocycles. The fraction of sp³-hybridized carbons (Fsp3) is 0.0870. The molecular formula is C23H20O4. The van der Waals surface area contributed by atoms with Crippen LogP contribution in [-0.2, 0) is 16.1 Å². The van der Waals surface area contributed by atoms with E-state index >= 15 is 0 Å². The van der Waals surface area contributed by atoms with Crippen molar-refractivity contribution in [1.82, 2.24) is 0 Å². The van der Waals surface area contributed by atoms with Crippen LogP contribution in [0.2, 0.25) is 0 Å². The number of rotatable bonds is 8. The molecule has 0 heterocycles. The Bertz CT molecular complexity index is 856. The Balaban J connectivity index is 1.42. The maximum Gasteiger partial charge on any atom is 0.331 e. The van der Waals surface area contributed by atoms with Gasteiger partial charge in [0.2, 0.25) is 6.79 Å². The van der Waals surface area contributed by atoms with E-state index in [1.807, 2.05) is 84.9 Å². The Labute approximate surface area is 158 Å². The molecule has 0 atom stereocenters. The van der Waals surface area contributed by atoms with Crippen molar-refractivity contribution in [3.05, 3.63) is 102 Å². The highest BCUT2D eigenvalue weighted by molar-refractivity contribution is 5.87. The van der Waals surface area contributed by atoms with Crippen LogP contribution in [0.25, 0.3) is 6.08 Å². The summed E-state index contributed by atoms with van der Waals surface area (Å²) in [6, 6.07) is 26.4. The zero-order valence-corrected chi connectivity index (χ0v) is 14.8. The summed E-state index contributed by atoms with van der Waals surface area (Å²) < 4.78 is 16.2. The molecule has 0 saturated heterocycles. The van der Waals surface area contributed by atoms with Crippen LogP contribution in [0.15, 0.2) is 91.0 Å². The molecule has 0 saturated carbocycles. The molecule has 136 valence electrons. The first-order valence-corrected chi connectivity index (χ1v) is 8.59. The van der Waals surface area contributed by atoms with Crippen molar-refractivity contribution >= 4 is 12.0 Å². The minimum atomic E-state index is -0.379. The highest BCUT2D eigenvalue weighted by Gasteiger charge is 1.99. The topological polar surface area (TPSA) is 44.8 Å². The summed E-state index contributed by atoms with van der Waals surface area (Å²) in [5.74, 6) is 1.07. The van der Waals surface area contributed by atoms with Crippen LogP contribution in [0.1, 0.15) is 11.1 Å². The van der Waals surface area contributed by atoms with Crippen LogP contribution >= 0.6 is 0 Å². The zero-order chi connectivity index (χ0) is 18.7. The Morgan fingerprint density at radius 2 is 1.33 bits per heavy atom. The van der Waals surface area contributed by atoms with Crippen LogP contribution in [-0.4, -0.2) is 12.8 Å². The molecule has 0 bridgehead atoms. The molecule has 0 N–H and O–H groups in total. The van der Waals surface area contributed by atoms with E-state index < -0.39 is 0 Å². The SMILES string of the molecule is O=C(/C=C/c1ccc(OCOc2ccccc2)cc1)OCc1ccccc1. The molecule has 0 spiro atoms. The number of esters is 1. The van der Waals surface area contributed by atoms with Gasteiger partial charge in [-0.25, -0.2) is 4.79 Å². The largest absolute Gasteiger partial charge is 0.458 e. The van der Waals surface area contributed by atoms with Crippen molar-refractivity contribution in [2.45, 2.75) is 6.61 Å². The third kappa shape index (κ3) is 6.36. The van der Waals surface area contributed by atoms with Crippen LogP contribution in [0.4, 0.5) is 0 Å². The normalized spacial score (nSPS) is 10.5. The number of hydrogen-bond acceptors (Lipinski definition) is 4. The Morgan fingerprint density at radius 1 is 0.741 bits per heavy atom. The monoisotopic (exact) mass is 360 g/mol. The van der Waals surface area contributed by atoms with Crippen LogP contribution in [0.3, 0.4) is 0 Å². The molecular weight excluding hydrogens is 340 g/mol. The van der Waals surface area contributed by atoms with Gasteiger partial charge < -0.3 is 14.2 Å². The van der Waals surface area contributed by atoms with Crippen molar-refractivity contribution in [1.29, 1.82) is 0 Å². The standard InChI is InChI=1S/C23H20O4/c24-23(25-17-20-7-3-1-4-8-20)16-13-19-11-14-22(15-12-19)27-18-26-21-9-5-2-6-10-21/h1-16H,17-18H2/b16-13+. The van der Waals surface area contributed by atoms with Crippen molar-refractivity contribution in [2.75, 3.05) is 6.79 Å². The van der Waals surface area contributed by atoms with Crippen LogP contribution in [0.5, 0.6) is 11.5 Å². The van der Waals surface area contributed by atoms with Crippen molar-refractivity contribution in [3.63, 3.8) is 0 Å². The number of carbonyl (C=O) groups is 1. The summed E-state index contributed by atoms with van der Waals surface area (Å²) in [6.45, 7) is 0.392. The van der Waals surface area contributed by atoms with Gasteiger partial charge in [-0.05, 0) is 41.5 Å². The van der Waals surface area contributed by atoms with Gasteiger partial charge in [-0.1, -0.05) is 60.7 Å². The lowest BCUT2D eigenvalue weighted by Crippen LogP contribution is -2.05. The van der Waals surface area contributed by atoms with Gasteiger partial charge in [0.05, 0.1) is 0 Å². The van der Waals surface area contributed by atoms with E-state index in [9.17, 15) is 4.79 Å². The smallest absolute Gasteiger partial charge is 0.331 e. The lowest BCUT2D eigenvalue weighted by Gasteiger charge is -2.08. The van der Waals surface area contributed by atoms with Crippen molar-refractivity contribution in [3.8, 4) is 11.5 Å². The predicted octanol–water partition coefficient (Wildman–Crippen LogP) is 4.86. The van der Waals surface area contributed by atoms with Gasteiger partial charge in [-0.3, -0.25) is 0 Å². The molecule has 27 heavy (non-hydrogen) atoms. The molecule has 0 unspecified atom stereocenters. The Kier molecular flexibility index (Phi) is 6.65. The second-order valence-corrected chi connectivity index (χ2v) is 5.72. The first-order valence-electron chi connectivity index (χ1n) is 8.59. The van der Waals surface area contributed by atoms with Gasteiger partial charge in [0.1, 0.15) is 18.1 Å². The van der Waals surface area contributed by atoms with E-state index in [1.165, 1.54) is 6.08 Å². The summed E-state index contributed by atoms with van der Waals surface area (Å²) in [6.07, 6.45) is 3.12. The molecule has 0 aliphatic heterocycles. The summed E-state index contributed by atoms with van der Waals surface area (Å²) >= 11 is 0. The highest BCUT2D eigenvalue weighted by Crippen LogP contribution is 2.14. The molecule has 0 amide bonds. The molecule has 0 fully saturated rings. The Hall–Kier alpha value is -3.53. The van der Waals surface area contributed by atoms with E-state index in [0.29, 0.717) is 5.75 Å². The number of benzene rings is 3. The van der Waals surface area contributed by atoms with E-state index in [1.54, 1.807) is 6.08 Å². The zero-order valence-electron chi connectivity index (χ0n) is 14.8. The molecule has 0 aromatic heterocycles. The third-order valence-electron chi connectivity index (χ3n) is 3.71. The first-order chi connectivity index (χ1) is 13.3. The maximum atomic E-state index is 11.8. The summed E-state index contributed by atoms with van der Waals surface area (Å²) in [5, 5.41) is 0. The summed E-state index contributed by atoms with van der Waals surface area (Å²) in [7, 11) is 0. The quantitative estimate of drug-likeness (QED) is 0.327. The maximum absolute atomic E-state index is 11.8. The van der Waals surface area contributed by atoms with Gasteiger partial charge >= 0.3 is 5.97 Å². The highest BCUT2D eigenvalue weighted by atomic mass is 16.7. The van der Waals surface area contributed by atoms with Gasteiger partial charge in [-0.2, -0.15) is 0 Å². The minimum Gasteiger partial charge on any atom is -0.458 e. The van der Waals surface area contributed by atoms with Gasteiger partial charge in [-0.15, -0.1) is 0 Å². The summed E-state index contributed by atoms with van der Waals surface area (Å²) in [5.41, 5.74) is 1.83. The molecule has 3 aromatic rings. The average molecular weight is 360 g/mol. The molecule has 0 radical (unpaired) electrons. The fourth-order valence-electron chi connectivity index (χ4n) is 2.30. The molecule has 0 aliphatic rings.